The van der Waals surface area contributed by atoms with E-state index in [1.165, 1.54) is 6.42 Å². The van der Waals surface area contributed by atoms with E-state index in [-0.39, 0.29) is 5.82 Å². The molecule has 0 amide bonds. The molecule has 2 aromatic rings. The maximum Gasteiger partial charge on any atom is 0.178 e. The van der Waals surface area contributed by atoms with Crippen molar-refractivity contribution in [1.29, 1.82) is 0 Å². The quantitative estimate of drug-likeness (QED) is 0.843. The molecule has 1 unspecified atom stereocenters. The lowest BCUT2D eigenvalue weighted by molar-refractivity contribution is 0.379. The minimum absolute atomic E-state index is 0.251. The predicted molar refractivity (Wildman–Crippen MR) is 80.4 cm³/mol. The van der Waals surface area contributed by atoms with Gasteiger partial charge in [-0.25, -0.2) is 4.39 Å². The van der Waals surface area contributed by atoms with E-state index < -0.39 is 0 Å². The van der Waals surface area contributed by atoms with E-state index >= 15 is 0 Å². The molecule has 6 heteroatoms. The second-order valence-corrected chi connectivity index (χ2v) is 6.48. The SMILES string of the molecule is CN1CCC(Cn2c(=S)[nH]c3cc(Br)c(F)cc32)C1. The highest BCUT2D eigenvalue weighted by molar-refractivity contribution is 9.10. The summed E-state index contributed by atoms with van der Waals surface area (Å²) in [5.41, 5.74) is 1.73. The molecule has 3 rings (SSSR count). The lowest BCUT2D eigenvalue weighted by atomic mass is 10.1. The number of fused-ring (bicyclic) bond motifs is 1. The van der Waals surface area contributed by atoms with Gasteiger partial charge in [-0.15, -0.1) is 0 Å². The van der Waals surface area contributed by atoms with Gasteiger partial charge in [-0.3, -0.25) is 0 Å². The van der Waals surface area contributed by atoms with Crippen molar-refractivity contribution >= 4 is 39.2 Å². The number of nitrogens with zero attached hydrogens (tertiary/aromatic N) is 2. The number of nitrogens with one attached hydrogen (secondary N) is 1. The number of aromatic nitrogens is 2. The average molecular weight is 344 g/mol. The summed E-state index contributed by atoms with van der Waals surface area (Å²) in [5.74, 6) is 0.334. The van der Waals surface area contributed by atoms with Gasteiger partial charge < -0.3 is 14.5 Å². The minimum atomic E-state index is -0.251. The molecule has 1 aromatic heterocycles. The lowest BCUT2D eigenvalue weighted by Crippen LogP contribution is -2.17. The van der Waals surface area contributed by atoms with Gasteiger partial charge >= 0.3 is 0 Å². The van der Waals surface area contributed by atoms with Crippen molar-refractivity contribution < 1.29 is 4.39 Å². The van der Waals surface area contributed by atoms with Crippen LogP contribution in [0.4, 0.5) is 4.39 Å². The number of hydrogen-bond donors (Lipinski definition) is 1. The van der Waals surface area contributed by atoms with Gasteiger partial charge in [0.15, 0.2) is 4.77 Å². The fraction of sp³-hybridized carbons (Fsp3) is 0.462. The standard InChI is InChI=1S/C13H15BrFN3S/c1-17-3-2-8(6-17)7-18-12-5-10(15)9(14)4-11(12)16-13(18)19/h4-5,8H,2-3,6-7H2,1H3,(H,16,19). The van der Waals surface area contributed by atoms with Gasteiger partial charge in [0.05, 0.1) is 15.5 Å². The van der Waals surface area contributed by atoms with Crippen LogP contribution in [0.5, 0.6) is 0 Å². The van der Waals surface area contributed by atoms with E-state index in [4.69, 9.17) is 12.2 Å². The first-order valence-electron chi connectivity index (χ1n) is 6.30. The smallest absolute Gasteiger partial charge is 0.178 e. The molecule has 1 saturated heterocycles. The summed E-state index contributed by atoms with van der Waals surface area (Å²) in [6.45, 7) is 3.05. The largest absolute Gasteiger partial charge is 0.331 e. The van der Waals surface area contributed by atoms with Crippen molar-refractivity contribution in [1.82, 2.24) is 14.5 Å². The Morgan fingerprint density at radius 2 is 2.32 bits per heavy atom. The molecule has 3 nitrogen and oxygen atoms in total. The predicted octanol–water partition coefficient (Wildman–Crippen LogP) is 3.55. The Morgan fingerprint density at radius 3 is 3.00 bits per heavy atom. The van der Waals surface area contributed by atoms with Gasteiger partial charge in [-0.1, -0.05) is 0 Å². The molecule has 0 aliphatic carbocycles. The maximum absolute atomic E-state index is 13.7. The van der Waals surface area contributed by atoms with E-state index in [2.05, 4.69) is 32.9 Å². The number of halogens is 2. The van der Waals surface area contributed by atoms with Crippen LogP contribution in [0.3, 0.4) is 0 Å². The van der Waals surface area contributed by atoms with Crippen LogP contribution in [0.15, 0.2) is 16.6 Å². The van der Waals surface area contributed by atoms with Crippen LogP contribution in [-0.2, 0) is 6.54 Å². The van der Waals surface area contributed by atoms with Gasteiger partial charge in [0.2, 0.25) is 0 Å². The average Bonchev–Trinajstić information content (AvgIpc) is 2.87. The fourth-order valence-corrected chi connectivity index (χ4v) is 3.39. The first-order chi connectivity index (χ1) is 9.04. The second kappa shape index (κ2) is 5.00. The maximum atomic E-state index is 13.7. The van der Waals surface area contributed by atoms with Crippen LogP contribution in [0.1, 0.15) is 6.42 Å². The Morgan fingerprint density at radius 1 is 1.53 bits per heavy atom. The molecule has 1 fully saturated rings. The number of rotatable bonds is 2. The topological polar surface area (TPSA) is 24.0 Å². The third-order valence-electron chi connectivity index (χ3n) is 3.75. The Kier molecular flexibility index (Phi) is 3.49. The highest BCUT2D eigenvalue weighted by Gasteiger charge is 2.21. The van der Waals surface area contributed by atoms with Gasteiger partial charge in [0, 0.05) is 19.2 Å². The zero-order valence-electron chi connectivity index (χ0n) is 10.6. The molecule has 19 heavy (non-hydrogen) atoms. The van der Waals surface area contributed by atoms with Gasteiger partial charge in [0.1, 0.15) is 5.82 Å². The fourth-order valence-electron chi connectivity index (χ4n) is 2.77. The third kappa shape index (κ3) is 2.49. The van der Waals surface area contributed by atoms with Crippen LogP contribution >= 0.6 is 28.1 Å². The number of imidazole rings is 1. The highest BCUT2D eigenvalue weighted by Crippen LogP contribution is 2.25. The molecule has 1 aliphatic heterocycles. The molecular weight excluding hydrogens is 329 g/mol. The van der Waals surface area contributed by atoms with E-state index in [0.717, 1.165) is 30.7 Å². The number of aromatic amines is 1. The molecule has 1 aromatic carbocycles. The first kappa shape index (κ1) is 13.3. The summed E-state index contributed by atoms with van der Waals surface area (Å²) in [6.07, 6.45) is 1.17. The highest BCUT2D eigenvalue weighted by atomic mass is 79.9. The summed E-state index contributed by atoms with van der Waals surface area (Å²) < 4.78 is 16.8. The Bertz CT molecular complexity index is 678. The van der Waals surface area contributed by atoms with Crippen molar-refractivity contribution in [2.75, 3.05) is 20.1 Å². The van der Waals surface area contributed by atoms with Crippen molar-refractivity contribution in [3.63, 3.8) is 0 Å². The normalized spacial score (nSPS) is 20.5. The first-order valence-corrected chi connectivity index (χ1v) is 7.51. The summed E-state index contributed by atoms with van der Waals surface area (Å²) in [7, 11) is 2.13. The molecule has 1 N–H and O–H groups in total. The second-order valence-electron chi connectivity index (χ2n) is 5.24. The van der Waals surface area contributed by atoms with E-state index in [0.29, 0.717) is 15.2 Å². The van der Waals surface area contributed by atoms with Crippen LogP contribution in [0.25, 0.3) is 11.0 Å². The van der Waals surface area contributed by atoms with Crippen LogP contribution < -0.4 is 0 Å². The summed E-state index contributed by atoms with van der Waals surface area (Å²) >= 11 is 8.56. The third-order valence-corrected chi connectivity index (χ3v) is 4.68. The van der Waals surface area contributed by atoms with Gasteiger partial charge in [-0.2, -0.15) is 0 Å². The Hall–Kier alpha value is -0.720. The molecular formula is C13H15BrFN3S. The van der Waals surface area contributed by atoms with Crippen LogP contribution in [0.2, 0.25) is 0 Å². The summed E-state index contributed by atoms with van der Waals surface area (Å²) in [4.78, 5) is 5.47. The van der Waals surface area contributed by atoms with Crippen molar-refractivity contribution in [3.05, 3.63) is 27.2 Å². The molecule has 0 saturated carbocycles. The summed E-state index contributed by atoms with van der Waals surface area (Å²) in [6, 6.07) is 3.29. The number of likely N-dealkylation sites (tertiary alicyclic amines) is 1. The Balaban J connectivity index is 2.01. The van der Waals surface area contributed by atoms with Crippen LogP contribution in [-0.4, -0.2) is 34.6 Å². The number of hydrogen-bond acceptors (Lipinski definition) is 2. The molecule has 0 bridgehead atoms. The van der Waals surface area contributed by atoms with Crippen molar-refractivity contribution in [2.45, 2.75) is 13.0 Å². The van der Waals surface area contributed by atoms with E-state index in [1.54, 1.807) is 12.1 Å². The monoisotopic (exact) mass is 343 g/mol. The molecule has 102 valence electrons. The van der Waals surface area contributed by atoms with Crippen molar-refractivity contribution in [2.24, 2.45) is 5.92 Å². The number of H-pyrrole nitrogens is 1. The minimum Gasteiger partial charge on any atom is -0.331 e. The zero-order valence-corrected chi connectivity index (χ0v) is 13.0. The molecule has 0 spiro atoms. The lowest BCUT2D eigenvalue weighted by Gasteiger charge is -2.12. The summed E-state index contributed by atoms with van der Waals surface area (Å²) in [5, 5.41) is 0. The zero-order chi connectivity index (χ0) is 13.6. The molecule has 1 atom stereocenters. The molecule has 2 heterocycles. The van der Waals surface area contributed by atoms with E-state index in [1.807, 2.05) is 4.57 Å². The van der Waals surface area contributed by atoms with Crippen molar-refractivity contribution in [3.8, 4) is 0 Å². The van der Waals surface area contributed by atoms with E-state index in [9.17, 15) is 4.39 Å². The number of benzene rings is 1. The van der Waals surface area contributed by atoms with Gasteiger partial charge in [0.25, 0.3) is 0 Å². The van der Waals surface area contributed by atoms with Crippen LogP contribution in [0, 0.1) is 16.5 Å². The Labute approximate surface area is 124 Å². The molecule has 1 aliphatic rings. The molecule has 0 radical (unpaired) electrons. The van der Waals surface area contributed by atoms with Gasteiger partial charge in [-0.05, 0) is 60.1 Å².